The Morgan fingerprint density at radius 1 is 0.930 bits per heavy atom. The molecule has 4 rings (SSSR count). The molecular weight excluding hydrogens is 585 g/mol. The van der Waals surface area contributed by atoms with Gasteiger partial charge in [-0.15, -0.1) is 0 Å². The van der Waals surface area contributed by atoms with E-state index in [9.17, 15) is 33.6 Å². The number of nitrogens with two attached hydrogens (primary N) is 2. The molecule has 0 spiro atoms. The van der Waals surface area contributed by atoms with E-state index in [1.165, 1.54) is 29.5 Å². The van der Waals surface area contributed by atoms with Crippen LogP contribution in [0.2, 0.25) is 0 Å². The summed E-state index contributed by atoms with van der Waals surface area (Å²) in [5, 5.41) is 45.7. The minimum atomic E-state index is -2.99. The van der Waals surface area contributed by atoms with Crippen molar-refractivity contribution in [2.45, 2.75) is 42.5 Å². The van der Waals surface area contributed by atoms with Gasteiger partial charge >= 0.3 is 0 Å². The van der Waals surface area contributed by atoms with Gasteiger partial charge in [0.1, 0.15) is 72.3 Å². The maximum atomic E-state index is 13.3. The molecule has 10 N–H and O–H groups in total. The molecule has 43 heavy (non-hydrogen) atoms. The van der Waals surface area contributed by atoms with Crippen molar-refractivity contribution in [2.24, 2.45) is 43.5 Å². The zero-order chi connectivity index (χ0) is 32.1. The van der Waals surface area contributed by atoms with Crippen LogP contribution in [0.1, 0.15) is 0 Å². The van der Waals surface area contributed by atoms with Crippen LogP contribution in [0.5, 0.6) is 0 Å². The zero-order valence-electron chi connectivity index (χ0n) is 22.4. The fourth-order valence-corrected chi connectivity index (χ4v) is 4.70. The van der Waals surface area contributed by atoms with Crippen molar-refractivity contribution >= 4 is 11.7 Å². The van der Waals surface area contributed by atoms with E-state index >= 15 is 0 Å². The van der Waals surface area contributed by atoms with Crippen LogP contribution in [0.15, 0.2) is 69.6 Å². The van der Waals surface area contributed by atoms with Gasteiger partial charge in [-0.05, 0) is 12.2 Å². The highest BCUT2D eigenvalue weighted by Gasteiger charge is 2.63. The van der Waals surface area contributed by atoms with Gasteiger partial charge in [0.2, 0.25) is 16.2 Å². The number of aliphatic imine (C=N–C) groups is 2. The molecule has 0 radical (unpaired) electrons. The summed E-state index contributed by atoms with van der Waals surface area (Å²) in [4.78, 5) is 15.8. The molecule has 0 saturated carbocycles. The molecule has 0 aromatic carbocycles. The van der Waals surface area contributed by atoms with Crippen LogP contribution >= 0.6 is 0 Å². The van der Waals surface area contributed by atoms with E-state index in [1.807, 2.05) is 0 Å². The second-order valence-corrected chi connectivity index (χ2v) is 9.39. The lowest BCUT2D eigenvalue weighted by atomic mass is 9.96. The first-order chi connectivity index (χ1) is 20.3. The molecule has 4 aliphatic heterocycles. The fraction of sp³-hybridized carbons (Fsp3) is 0.545. The highest BCUT2D eigenvalue weighted by atomic mass is 19.3. The number of ether oxygens (including phenoxy) is 2. The molecule has 21 heteroatoms. The first-order valence-corrected chi connectivity index (χ1v) is 12.3. The van der Waals surface area contributed by atoms with Gasteiger partial charge in [0.15, 0.2) is 10.2 Å². The average Bonchev–Trinajstić information content (AvgIpc) is 3.40. The van der Waals surface area contributed by atoms with Gasteiger partial charge in [-0.3, -0.25) is 4.39 Å². The summed E-state index contributed by atoms with van der Waals surface area (Å²) in [5.74, 6) is -2.17. The summed E-state index contributed by atoms with van der Waals surface area (Å²) in [6.45, 7) is 4.64. The maximum absolute atomic E-state index is 13.3. The first-order valence-electron chi connectivity index (χ1n) is 12.3. The van der Waals surface area contributed by atoms with E-state index < -0.39 is 74.3 Å². The smallest absolute Gasteiger partial charge is 0.293 e. The van der Waals surface area contributed by atoms with Gasteiger partial charge in [-0.1, -0.05) is 13.2 Å². The lowest BCUT2D eigenvalue weighted by Crippen LogP contribution is -2.44. The number of aliphatic hydroxyl groups is 4. The van der Waals surface area contributed by atoms with Gasteiger partial charge in [-0.25, -0.2) is 18.8 Å². The third kappa shape index (κ3) is 6.24. The quantitative estimate of drug-likeness (QED) is 0.117. The van der Waals surface area contributed by atoms with Crippen molar-refractivity contribution in [3.8, 4) is 0 Å². The lowest BCUT2D eigenvalue weighted by molar-refractivity contribution is -0.134. The number of halogens is 3. The topological polar surface area (TPSA) is 283 Å². The second-order valence-electron chi connectivity index (χ2n) is 9.39. The molecule has 0 aromatic rings. The molecule has 0 aromatic heterocycles. The lowest BCUT2D eigenvalue weighted by Gasteiger charge is -2.31. The summed E-state index contributed by atoms with van der Waals surface area (Å²) in [7, 11) is 0. The SMILES string of the molecule is C=C1N=C(N)C=CN1[C@@H]1O[C@@](CO)(N=[N+]=N)[C@@H](O)[C@@H]1C(F)F.C=C1N=C(N)C=CN1[C@@H]1O[C@@](CO)(N=[N+]=N)[C@@H](O)[C@@H]1CF. The Bertz CT molecular complexity index is 1320. The number of nitrogens with one attached hydrogen (secondary N) is 2. The van der Waals surface area contributed by atoms with Crippen LogP contribution in [0.4, 0.5) is 13.2 Å². The van der Waals surface area contributed by atoms with Crippen LogP contribution < -0.4 is 21.3 Å². The number of alkyl halides is 3. The highest BCUT2D eigenvalue weighted by Crippen LogP contribution is 2.42. The van der Waals surface area contributed by atoms with E-state index in [-0.39, 0.29) is 23.3 Å². The average molecular weight is 617 g/mol. The van der Waals surface area contributed by atoms with Crippen molar-refractivity contribution in [3.63, 3.8) is 0 Å². The van der Waals surface area contributed by atoms with Crippen LogP contribution in [0, 0.1) is 22.9 Å². The Balaban J connectivity index is 0.000000236. The highest BCUT2D eigenvalue weighted by molar-refractivity contribution is 5.93. The van der Waals surface area contributed by atoms with Crippen molar-refractivity contribution in [2.75, 3.05) is 19.9 Å². The summed E-state index contributed by atoms with van der Waals surface area (Å²) < 4.78 is 50.8. The molecule has 0 amide bonds. The molecule has 0 aliphatic carbocycles. The predicted molar refractivity (Wildman–Crippen MR) is 138 cm³/mol. The van der Waals surface area contributed by atoms with Gasteiger partial charge in [0.25, 0.3) is 11.4 Å². The van der Waals surface area contributed by atoms with Gasteiger partial charge in [0, 0.05) is 12.4 Å². The van der Waals surface area contributed by atoms with Gasteiger partial charge in [0.05, 0.1) is 18.5 Å². The van der Waals surface area contributed by atoms with Gasteiger partial charge < -0.3 is 51.2 Å². The third-order valence-corrected chi connectivity index (χ3v) is 6.87. The summed E-state index contributed by atoms with van der Waals surface area (Å²) >= 11 is 0. The van der Waals surface area contributed by atoms with E-state index in [1.54, 1.807) is 0 Å². The predicted octanol–water partition coefficient (Wildman–Crippen LogP) is -1.33. The van der Waals surface area contributed by atoms with E-state index in [2.05, 4.69) is 43.2 Å². The third-order valence-electron chi connectivity index (χ3n) is 6.87. The number of amidine groups is 2. The number of aliphatic hydroxyl groups excluding tert-OH is 4. The van der Waals surface area contributed by atoms with Crippen molar-refractivity contribution in [1.29, 1.82) is 11.1 Å². The summed E-state index contributed by atoms with van der Waals surface area (Å²) in [5.41, 5.74) is 20.5. The summed E-state index contributed by atoms with van der Waals surface area (Å²) in [6.07, 6.45) is -3.14. The van der Waals surface area contributed by atoms with Crippen molar-refractivity contribution < 1.29 is 43.1 Å². The fourth-order valence-electron chi connectivity index (χ4n) is 4.70. The number of nitrogens with zero attached hydrogens (tertiary/aromatic N) is 8. The molecule has 234 valence electrons. The molecule has 4 aliphatic rings. The molecule has 8 atom stereocenters. The van der Waals surface area contributed by atoms with Crippen LogP contribution in [0.25, 0.3) is 0 Å². The number of hydrogen-bond acceptors (Lipinski definition) is 16. The second kappa shape index (κ2) is 13.3. The van der Waals surface area contributed by atoms with Crippen molar-refractivity contribution in [3.05, 3.63) is 49.4 Å². The maximum Gasteiger partial charge on any atom is 0.293 e. The Hall–Kier alpha value is -4.33. The molecule has 0 unspecified atom stereocenters. The molecule has 2 fully saturated rings. The molecule has 18 nitrogen and oxygen atoms in total. The number of rotatable bonds is 8. The Kier molecular flexibility index (Phi) is 10.3. The molecular formula is C22H31F3N12O6+2. The largest absolute Gasteiger partial charge is 0.391 e. The molecule has 4 heterocycles. The Morgan fingerprint density at radius 3 is 1.77 bits per heavy atom. The van der Waals surface area contributed by atoms with E-state index in [4.69, 9.17) is 32.0 Å². The normalized spacial score (nSPS) is 35.2. The number of hydrogen-bond donors (Lipinski definition) is 8. The first kappa shape index (κ1) is 33.2. The molecule has 2 saturated heterocycles. The van der Waals surface area contributed by atoms with Crippen molar-refractivity contribution in [1.82, 2.24) is 19.6 Å². The van der Waals surface area contributed by atoms with Crippen LogP contribution in [0.3, 0.4) is 0 Å². The Labute approximate surface area is 241 Å². The minimum Gasteiger partial charge on any atom is -0.391 e. The monoisotopic (exact) mass is 616 g/mol. The standard InChI is InChI=1S/C11H15F2N6O3.C11H16FN6O3/c1-5-16-6(14)2-3-19(5)10-7(9(12)13)8(21)11(4-20,22-10)17-18-15;1-6-15-8(13)2-3-18(6)10-7(4-12)9(20)11(5-19,21-10)16-17-14/h2-3,7-10,15,20-21H,1,4H2,(H2,14,16);2-3,7,9-10,14,19-20H,1,4-5H2,(H2,13,15)/q2*+1/t7-,8+,10-,11-;7-,9-,10+,11+/m10/s1. The molecule has 0 bridgehead atoms. The minimum absolute atomic E-state index is 0.0272. The van der Waals surface area contributed by atoms with E-state index in [0.717, 1.165) is 4.90 Å². The van der Waals surface area contributed by atoms with Crippen LogP contribution in [-0.4, -0.2) is 104 Å². The Morgan fingerprint density at radius 2 is 1.37 bits per heavy atom. The summed E-state index contributed by atoms with van der Waals surface area (Å²) in [6, 6.07) is 0. The van der Waals surface area contributed by atoms with E-state index in [0.29, 0.717) is 0 Å². The van der Waals surface area contributed by atoms with Crippen LogP contribution in [-0.2, 0) is 9.47 Å². The zero-order valence-corrected chi connectivity index (χ0v) is 22.4. The van der Waals surface area contributed by atoms with Gasteiger partial charge in [-0.2, -0.15) is 0 Å².